The second-order valence-corrected chi connectivity index (χ2v) is 14.7. The summed E-state index contributed by atoms with van der Waals surface area (Å²) in [6, 6.07) is 18.0. The number of hydrogen-bond donors (Lipinski definition) is 6. The number of nitrogens with one attached hydrogen (secondary N) is 6. The van der Waals surface area contributed by atoms with Crippen molar-refractivity contribution in [3.8, 4) is 0 Å². The highest BCUT2D eigenvalue weighted by molar-refractivity contribution is 7.99. The topological polar surface area (TPSA) is 201 Å². The first-order chi connectivity index (χ1) is 26.2. The Kier molecular flexibility index (Phi) is 16.7. The van der Waals surface area contributed by atoms with E-state index in [1.54, 1.807) is 35.3 Å². The number of thioether (sulfide) groups is 3. The van der Waals surface area contributed by atoms with Crippen molar-refractivity contribution in [3.63, 3.8) is 0 Å². The lowest BCUT2D eigenvalue weighted by Crippen LogP contribution is -2.11. The van der Waals surface area contributed by atoms with Crippen LogP contribution < -0.4 is 16.0 Å². The number of H-pyrrole nitrogens is 3. The van der Waals surface area contributed by atoms with Crippen LogP contribution >= 0.6 is 35.3 Å². The fourth-order valence-electron chi connectivity index (χ4n) is 4.52. The maximum atomic E-state index is 11.1. The summed E-state index contributed by atoms with van der Waals surface area (Å²) in [6.07, 6.45) is 1.82. The van der Waals surface area contributed by atoms with Gasteiger partial charge in [0, 0.05) is 14.7 Å². The van der Waals surface area contributed by atoms with Crippen LogP contribution in [-0.2, 0) is 14.2 Å². The van der Waals surface area contributed by atoms with Gasteiger partial charge in [0.15, 0.2) is 0 Å². The van der Waals surface area contributed by atoms with Crippen molar-refractivity contribution >= 4 is 105 Å². The minimum Gasteiger partial charge on any atom is -0.453 e. The van der Waals surface area contributed by atoms with Gasteiger partial charge in [0.1, 0.15) is 0 Å². The Morgan fingerprint density at radius 3 is 1.04 bits per heavy atom. The molecule has 6 aromatic rings. The first-order valence-corrected chi connectivity index (χ1v) is 20.1. The number of anilines is 3. The highest BCUT2D eigenvalue weighted by Crippen LogP contribution is 2.26. The van der Waals surface area contributed by atoms with Crippen LogP contribution in [0, 0.1) is 0 Å². The maximum absolute atomic E-state index is 11.1. The van der Waals surface area contributed by atoms with Crippen LogP contribution in [0.1, 0.15) is 40.0 Å². The lowest BCUT2D eigenvalue weighted by Gasteiger charge is -1.98. The minimum absolute atomic E-state index is 0.398. The van der Waals surface area contributed by atoms with Gasteiger partial charge in [0.25, 0.3) is 0 Å². The third-order valence-electron chi connectivity index (χ3n) is 7.00. The lowest BCUT2D eigenvalue weighted by molar-refractivity contribution is 0.186. The molecule has 0 saturated heterocycles. The Balaban J connectivity index is 0.000000180. The zero-order valence-corrected chi connectivity index (χ0v) is 33.4. The molecule has 3 aromatic carbocycles. The largest absolute Gasteiger partial charge is 0.453 e. The Bertz CT molecular complexity index is 1900. The zero-order chi connectivity index (χ0) is 38.9. The average molecular weight is 796 g/mol. The molecule has 15 nitrogen and oxygen atoms in total. The molecule has 0 radical (unpaired) electrons. The van der Waals surface area contributed by atoms with Crippen molar-refractivity contribution in [1.82, 2.24) is 29.9 Å². The second-order valence-electron chi connectivity index (χ2n) is 11.2. The van der Waals surface area contributed by atoms with Crippen LogP contribution in [0.3, 0.4) is 0 Å². The van der Waals surface area contributed by atoms with E-state index >= 15 is 0 Å². The summed E-state index contributed by atoms with van der Waals surface area (Å²) in [5.41, 5.74) is 5.18. The van der Waals surface area contributed by atoms with Crippen LogP contribution in [0.5, 0.6) is 0 Å². The molecule has 0 spiro atoms. The fourth-order valence-corrected chi connectivity index (χ4v) is 6.93. The van der Waals surface area contributed by atoms with Gasteiger partial charge in [-0.05, 0) is 91.1 Å². The number of imidazole rings is 3. The standard InChI is InChI=1S/3C12H15N3O2S/c3*1-3-6-18-8-4-5-9-10(7-8)14-11(13-9)15-12(16)17-2/h3*4-5,7H,3,6H2,1-2H3,(H2,13,14,15,16). The molecule has 0 aliphatic carbocycles. The molecule has 54 heavy (non-hydrogen) atoms. The Morgan fingerprint density at radius 2 is 0.796 bits per heavy atom. The molecule has 18 heteroatoms. The summed E-state index contributed by atoms with van der Waals surface area (Å²) in [7, 11) is 3.95. The number of benzene rings is 3. The van der Waals surface area contributed by atoms with E-state index in [9.17, 15) is 14.4 Å². The van der Waals surface area contributed by atoms with Gasteiger partial charge in [0.05, 0.1) is 54.4 Å². The zero-order valence-electron chi connectivity index (χ0n) is 31.0. The number of hydrogen-bond acceptors (Lipinski definition) is 12. The van der Waals surface area contributed by atoms with E-state index in [1.165, 1.54) is 36.0 Å². The number of rotatable bonds is 12. The van der Waals surface area contributed by atoms with E-state index in [1.807, 2.05) is 54.6 Å². The highest BCUT2D eigenvalue weighted by atomic mass is 32.2. The molecule has 6 N–H and O–H groups in total. The normalized spacial score (nSPS) is 10.6. The number of aromatic nitrogens is 6. The molecule has 0 aliphatic heterocycles. The van der Waals surface area contributed by atoms with Crippen molar-refractivity contribution in [2.45, 2.75) is 54.7 Å². The molecule has 0 aliphatic rings. The molecule has 0 atom stereocenters. The van der Waals surface area contributed by atoms with Crippen molar-refractivity contribution < 1.29 is 28.6 Å². The van der Waals surface area contributed by atoms with E-state index < -0.39 is 18.3 Å². The minimum atomic E-state index is -0.533. The van der Waals surface area contributed by atoms with Gasteiger partial charge in [-0.3, -0.25) is 16.0 Å². The summed E-state index contributed by atoms with van der Waals surface area (Å²) in [6.45, 7) is 6.46. The number of methoxy groups -OCH3 is 3. The third kappa shape index (κ3) is 12.8. The third-order valence-corrected chi connectivity index (χ3v) is 10.6. The molecule has 0 fully saturated rings. The summed E-state index contributed by atoms with van der Waals surface area (Å²) in [5, 5.41) is 7.53. The Labute approximate surface area is 325 Å². The van der Waals surface area contributed by atoms with Crippen molar-refractivity contribution in [2.24, 2.45) is 0 Å². The van der Waals surface area contributed by atoms with Gasteiger partial charge >= 0.3 is 18.3 Å². The highest BCUT2D eigenvalue weighted by Gasteiger charge is 2.09. The van der Waals surface area contributed by atoms with Crippen molar-refractivity contribution in [3.05, 3.63) is 54.6 Å². The maximum Gasteiger partial charge on any atom is 0.413 e. The summed E-state index contributed by atoms with van der Waals surface area (Å²) in [5.74, 6) is 4.46. The Hall–Kier alpha value is -5.07. The molecule has 0 bridgehead atoms. The molecule has 0 unspecified atom stereocenters. The smallest absolute Gasteiger partial charge is 0.413 e. The number of nitrogens with zero attached hydrogens (tertiary/aromatic N) is 3. The number of amides is 3. The molecule has 0 saturated carbocycles. The van der Waals surface area contributed by atoms with Gasteiger partial charge in [-0.15, -0.1) is 35.3 Å². The van der Waals surface area contributed by atoms with Crippen LogP contribution in [0.4, 0.5) is 32.2 Å². The quantitative estimate of drug-likeness (QED) is 0.0507. The van der Waals surface area contributed by atoms with Crippen molar-refractivity contribution in [1.29, 1.82) is 0 Å². The van der Waals surface area contributed by atoms with Crippen LogP contribution in [-0.4, -0.2) is 86.8 Å². The van der Waals surface area contributed by atoms with E-state index in [-0.39, 0.29) is 0 Å². The predicted molar refractivity (Wildman–Crippen MR) is 219 cm³/mol. The van der Waals surface area contributed by atoms with Crippen molar-refractivity contribution in [2.75, 3.05) is 54.5 Å². The monoisotopic (exact) mass is 795 g/mol. The van der Waals surface area contributed by atoms with Crippen LogP contribution in [0.15, 0.2) is 69.3 Å². The lowest BCUT2D eigenvalue weighted by atomic mass is 10.3. The average Bonchev–Trinajstić information content (AvgIpc) is 3.90. The van der Waals surface area contributed by atoms with Gasteiger partial charge in [0.2, 0.25) is 17.8 Å². The SMILES string of the molecule is CCCSc1ccc2nc(NC(=O)OC)[nH]c2c1.CCCSc1ccc2nc(NC(=O)OC)[nH]c2c1.CCCSc1ccc2nc(NC(=O)OC)[nH]c2c1. The van der Waals surface area contributed by atoms with Gasteiger partial charge in [-0.2, -0.15) is 0 Å². The molecular weight excluding hydrogens is 751 g/mol. The van der Waals surface area contributed by atoms with E-state index in [2.05, 4.69) is 80.8 Å². The number of fused-ring (bicyclic) bond motifs is 3. The fraction of sp³-hybridized carbons (Fsp3) is 0.333. The van der Waals surface area contributed by atoms with Gasteiger partial charge in [-0.25, -0.2) is 29.3 Å². The number of aromatic amines is 3. The molecule has 288 valence electrons. The summed E-state index contributed by atoms with van der Waals surface area (Å²) in [4.78, 5) is 58.6. The molecule has 3 amide bonds. The molecular formula is C36H45N9O6S3. The number of carbonyl (C=O) groups excluding carboxylic acids is 3. The second kappa shape index (κ2) is 21.6. The van der Waals surface area contributed by atoms with Gasteiger partial charge < -0.3 is 29.2 Å². The molecule has 3 heterocycles. The predicted octanol–water partition coefficient (Wildman–Crippen LogP) is 9.73. The molecule has 6 rings (SSSR count). The number of ether oxygens (including phenoxy) is 3. The van der Waals surface area contributed by atoms with E-state index in [4.69, 9.17) is 0 Å². The van der Waals surface area contributed by atoms with Gasteiger partial charge in [-0.1, -0.05) is 20.8 Å². The van der Waals surface area contributed by atoms with E-state index in [0.717, 1.165) is 69.6 Å². The number of carbonyl (C=O) groups is 3. The van der Waals surface area contributed by atoms with E-state index in [0.29, 0.717) is 17.8 Å². The van der Waals surface area contributed by atoms with Crippen LogP contribution in [0.25, 0.3) is 33.1 Å². The van der Waals surface area contributed by atoms with Crippen LogP contribution in [0.2, 0.25) is 0 Å². The first-order valence-electron chi connectivity index (χ1n) is 17.1. The Morgan fingerprint density at radius 1 is 0.519 bits per heavy atom. The summed E-state index contributed by atoms with van der Waals surface area (Å²) < 4.78 is 13.5. The molecule has 3 aromatic heterocycles. The summed E-state index contributed by atoms with van der Waals surface area (Å²) >= 11 is 5.41. The first kappa shape index (κ1) is 41.7.